The summed E-state index contributed by atoms with van der Waals surface area (Å²) in [6, 6.07) is 9.35. The van der Waals surface area contributed by atoms with Crippen molar-refractivity contribution in [1.29, 1.82) is 0 Å². The van der Waals surface area contributed by atoms with Crippen LogP contribution in [0, 0.1) is 0 Å². The monoisotopic (exact) mass is 311 g/mol. The summed E-state index contributed by atoms with van der Waals surface area (Å²) in [5.41, 5.74) is 8.36. The smallest absolute Gasteiger partial charge is 0.149 e. The average molecular weight is 312 g/mol. The molecule has 0 amide bonds. The largest absolute Gasteiger partial charge is 0.495 e. The van der Waals surface area contributed by atoms with Crippen LogP contribution >= 0.6 is 23.2 Å². The lowest BCUT2D eigenvalue weighted by atomic mass is 10.0. The van der Waals surface area contributed by atoms with E-state index in [4.69, 9.17) is 38.4 Å². The molecule has 0 aromatic heterocycles. The van der Waals surface area contributed by atoms with Gasteiger partial charge in [0.2, 0.25) is 0 Å². The molecular weight excluding hydrogens is 297 g/mol. The Hall–Kier alpha value is -1.42. The summed E-state index contributed by atoms with van der Waals surface area (Å²) < 4.78 is 10.6. The molecule has 0 aliphatic heterocycles. The van der Waals surface area contributed by atoms with Gasteiger partial charge < -0.3 is 15.2 Å². The van der Waals surface area contributed by atoms with Gasteiger partial charge in [-0.05, 0) is 35.4 Å². The highest BCUT2D eigenvalue weighted by Gasteiger charge is 2.15. The van der Waals surface area contributed by atoms with Gasteiger partial charge in [0.25, 0.3) is 0 Å². The maximum absolute atomic E-state index is 6.27. The van der Waals surface area contributed by atoms with Crippen LogP contribution in [0.1, 0.15) is 5.56 Å². The van der Waals surface area contributed by atoms with Crippen molar-refractivity contribution in [2.45, 2.75) is 6.54 Å². The molecule has 3 nitrogen and oxygen atoms in total. The van der Waals surface area contributed by atoms with Crippen LogP contribution in [0.25, 0.3) is 11.1 Å². The average Bonchev–Trinajstić information content (AvgIpc) is 2.47. The second-order valence-electron chi connectivity index (χ2n) is 4.17. The first-order valence-corrected chi connectivity index (χ1v) is 6.77. The minimum absolute atomic E-state index is 0.374. The summed E-state index contributed by atoms with van der Waals surface area (Å²) >= 11 is 12.3. The zero-order valence-electron chi connectivity index (χ0n) is 11.2. The van der Waals surface area contributed by atoms with Crippen LogP contribution in [-0.2, 0) is 6.54 Å². The Labute approximate surface area is 128 Å². The van der Waals surface area contributed by atoms with Gasteiger partial charge in [-0.15, -0.1) is 0 Å². The first-order chi connectivity index (χ1) is 9.62. The van der Waals surface area contributed by atoms with Crippen LogP contribution in [0.15, 0.2) is 30.3 Å². The van der Waals surface area contributed by atoms with E-state index in [1.807, 2.05) is 24.3 Å². The number of methoxy groups -OCH3 is 2. The van der Waals surface area contributed by atoms with Crippen LogP contribution in [0.4, 0.5) is 0 Å². The topological polar surface area (TPSA) is 44.5 Å². The minimum atomic E-state index is 0.374. The number of benzene rings is 2. The third-order valence-electron chi connectivity index (χ3n) is 3.06. The number of hydrogen-bond acceptors (Lipinski definition) is 3. The van der Waals surface area contributed by atoms with Gasteiger partial charge >= 0.3 is 0 Å². The van der Waals surface area contributed by atoms with Crippen molar-refractivity contribution >= 4 is 23.2 Å². The lowest BCUT2D eigenvalue weighted by molar-refractivity contribution is 0.396. The van der Waals surface area contributed by atoms with E-state index in [2.05, 4.69) is 0 Å². The first-order valence-electron chi connectivity index (χ1n) is 6.01. The fourth-order valence-electron chi connectivity index (χ4n) is 2.02. The van der Waals surface area contributed by atoms with Gasteiger partial charge in [-0.2, -0.15) is 0 Å². The molecule has 0 atom stereocenters. The highest BCUT2D eigenvalue weighted by atomic mass is 35.5. The van der Waals surface area contributed by atoms with Crippen molar-refractivity contribution in [1.82, 2.24) is 0 Å². The second-order valence-corrected chi connectivity index (χ2v) is 4.96. The summed E-state index contributed by atoms with van der Waals surface area (Å²) in [6.07, 6.45) is 0. The predicted octanol–water partition coefficient (Wildman–Crippen LogP) is 4.14. The molecule has 0 aliphatic rings. The first kappa shape index (κ1) is 15.0. The molecule has 2 N–H and O–H groups in total. The fourth-order valence-corrected chi connectivity index (χ4v) is 2.54. The normalized spacial score (nSPS) is 10.4. The third kappa shape index (κ3) is 2.70. The van der Waals surface area contributed by atoms with Gasteiger partial charge in [0.05, 0.1) is 14.2 Å². The summed E-state index contributed by atoms with van der Waals surface area (Å²) in [5, 5.41) is 1.09. The van der Waals surface area contributed by atoms with Gasteiger partial charge in [-0.1, -0.05) is 29.3 Å². The molecule has 2 aromatic carbocycles. The molecule has 5 heteroatoms. The van der Waals surface area contributed by atoms with Crippen molar-refractivity contribution in [3.8, 4) is 22.6 Å². The minimum Gasteiger partial charge on any atom is -0.495 e. The highest BCUT2D eigenvalue weighted by Crippen LogP contribution is 2.42. The third-order valence-corrected chi connectivity index (χ3v) is 3.79. The standard InChI is InChI=1S/C15H15Cl2NO2/c1-19-13-6-4-11(15(20-2)14(13)17)9-3-5-12(16)10(7-9)8-18/h3-7H,8,18H2,1-2H3. The SMILES string of the molecule is COc1ccc(-c2ccc(Cl)c(CN)c2)c(OC)c1Cl. The van der Waals surface area contributed by atoms with E-state index in [9.17, 15) is 0 Å². The molecule has 0 heterocycles. The second kappa shape index (κ2) is 6.35. The van der Waals surface area contributed by atoms with Crippen molar-refractivity contribution in [3.63, 3.8) is 0 Å². The van der Waals surface area contributed by atoms with Crippen LogP contribution in [0.2, 0.25) is 10.0 Å². The van der Waals surface area contributed by atoms with E-state index < -0.39 is 0 Å². The molecule has 0 saturated carbocycles. The molecule has 2 aromatic rings. The van der Waals surface area contributed by atoms with Crippen molar-refractivity contribution in [2.75, 3.05) is 14.2 Å². The number of nitrogens with two attached hydrogens (primary N) is 1. The lowest BCUT2D eigenvalue weighted by Crippen LogP contribution is -1.98. The summed E-state index contributed by atoms with van der Waals surface area (Å²) in [4.78, 5) is 0. The maximum Gasteiger partial charge on any atom is 0.149 e. The molecule has 0 unspecified atom stereocenters. The molecule has 0 saturated heterocycles. The molecule has 0 aliphatic carbocycles. The van der Waals surface area contributed by atoms with Crippen molar-refractivity contribution in [3.05, 3.63) is 45.9 Å². The maximum atomic E-state index is 6.27. The fraction of sp³-hybridized carbons (Fsp3) is 0.200. The molecular formula is C15H15Cl2NO2. The molecule has 0 fully saturated rings. The van der Waals surface area contributed by atoms with E-state index in [1.54, 1.807) is 20.3 Å². The molecule has 106 valence electrons. The Balaban J connectivity index is 2.60. The van der Waals surface area contributed by atoms with Gasteiger partial charge in [-0.25, -0.2) is 0 Å². The number of halogens is 2. The number of rotatable bonds is 4. The Morgan fingerprint density at radius 3 is 2.40 bits per heavy atom. The lowest BCUT2D eigenvalue weighted by Gasteiger charge is -2.14. The van der Waals surface area contributed by atoms with E-state index in [-0.39, 0.29) is 0 Å². The van der Waals surface area contributed by atoms with Crippen molar-refractivity contribution in [2.24, 2.45) is 5.73 Å². The van der Waals surface area contributed by atoms with Gasteiger partial charge in [0.1, 0.15) is 16.5 Å². The van der Waals surface area contributed by atoms with Gasteiger partial charge in [-0.3, -0.25) is 0 Å². The zero-order chi connectivity index (χ0) is 14.7. The Kier molecular flexibility index (Phi) is 4.76. The van der Waals surface area contributed by atoms with Gasteiger partial charge in [0.15, 0.2) is 0 Å². The molecule has 20 heavy (non-hydrogen) atoms. The number of hydrogen-bond donors (Lipinski definition) is 1. The molecule has 0 bridgehead atoms. The van der Waals surface area contributed by atoms with Crippen LogP contribution in [0.5, 0.6) is 11.5 Å². The van der Waals surface area contributed by atoms with E-state index in [0.717, 1.165) is 16.7 Å². The zero-order valence-corrected chi connectivity index (χ0v) is 12.8. The molecule has 0 radical (unpaired) electrons. The van der Waals surface area contributed by atoms with Crippen LogP contribution < -0.4 is 15.2 Å². The highest BCUT2D eigenvalue weighted by molar-refractivity contribution is 6.34. The van der Waals surface area contributed by atoms with E-state index in [1.165, 1.54) is 0 Å². The van der Waals surface area contributed by atoms with E-state index in [0.29, 0.717) is 28.1 Å². The Morgan fingerprint density at radius 1 is 1.05 bits per heavy atom. The Bertz CT molecular complexity index is 630. The summed E-state index contributed by atoms with van der Waals surface area (Å²) in [7, 11) is 3.14. The van der Waals surface area contributed by atoms with Crippen molar-refractivity contribution < 1.29 is 9.47 Å². The van der Waals surface area contributed by atoms with E-state index >= 15 is 0 Å². The Morgan fingerprint density at radius 2 is 1.80 bits per heavy atom. The quantitative estimate of drug-likeness (QED) is 0.923. The summed E-state index contributed by atoms with van der Waals surface area (Å²) in [6.45, 7) is 0.374. The summed E-state index contributed by atoms with van der Waals surface area (Å²) in [5.74, 6) is 1.14. The molecule has 2 rings (SSSR count). The van der Waals surface area contributed by atoms with Gasteiger partial charge in [0, 0.05) is 17.1 Å². The number of ether oxygens (including phenoxy) is 2. The molecule has 0 spiro atoms. The van der Waals surface area contributed by atoms with Crippen LogP contribution in [-0.4, -0.2) is 14.2 Å². The van der Waals surface area contributed by atoms with Crippen LogP contribution in [0.3, 0.4) is 0 Å². The predicted molar refractivity (Wildman–Crippen MR) is 82.9 cm³/mol.